The molecule has 2 aromatic carbocycles. The fraction of sp³-hybridized carbons (Fsp3) is 0.167. The van der Waals surface area contributed by atoms with E-state index in [2.05, 4.69) is 6.92 Å². The van der Waals surface area contributed by atoms with Crippen LogP contribution in [0.4, 0.5) is 5.69 Å². The Morgan fingerprint density at radius 3 is 2.62 bits per heavy atom. The zero-order valence-electron chi connectivity index (χ0n) is 12.0. The van der Waals surface area contributed by atoms with Gasteiger partial charge in [0.05, 0.1) is 0 Å². The molecule has 0 aliphatic rings. The highest BCUT2D eigenvalue weighted by Gasteiger charge is 2.09. The molecule has 1 heterocycles. The first-order chi connectivity index (χ1) is 10.3. The minimum atomic E-state index is 0.739. The van der Waals surface area contributed by atoms with E-state index in [1.165, 1.54) is 0 Å². The molecule has 106 valence electrons. The number of aromatic nitrogens is 1. The highest BCUT2D eigenvalue weighted by atomic mass is 16.5. The zero-order chi connectivity index (χ0) is 14.7. The van der Waals surface area contributed by atoms with E-state index < -0.39 is 0 Å². The van der Waals surface area contributed by atoms with Crippen LogP contribution in [0.5, 0.6) is 11.5 Å². The van der Waals surface area contributed by atoms with Crippen LogP contribution < -0.4 is 10.5 Å². The molecule has 0 aliphatic heterocycles. The van der Waals surface area contributed by atoms with Gasteiger partial charge in [-0.15, -0.1) is 0 Å². The monoisotopic (exact) mass is 278 g/mol. The molecule has 0 spiro atoms. The minimum Gasteiger partial charge on any atom is -0.455 e. The molecule has 3 nitrogen and oxygen atoms in total. The molecule has 3 aromatic rings. The first-order valence-corrected chi connectivity index (χ1v) is 7.19. The summed E-state index contributed by atoms with van der Waals surface area (Å²) >= 11 is 0. The molecule has 0 unspecified atom stereocenters. The van der Waals surface area contributed by atoms with Crippen molar-refractivity contribution in [3.05, 3.63) is 60.3 Å². The Morgan fingerprint density at radius 1 is 1.05 bits per heavy atom. The predicted molar refractivity (Wildman–Crippen MR) is 86.7 cm³/mol. The molecule has 21 heavy (non-hydrogen) atoms. The molecular weight excluding hydrogens is 260 g/mol. The molecular formula is C18H18N2O. The van der Waals surface area contributed by atoms with Gasteiger partial charge in [-0.2, -0.15) is 0 Å². The summed E-state index contributed by atoms with van der Waals surface area (Å²) in [5, 5.41) is 0.934. The topological polar surface area (TPSA) is 48.1 Å². The number of hydrogen-bond acceptors (Lipinski definition) is 3. The third kappa shape index (κ3) is 2.82. The van der Waals surface area contributed by atoms with Gasteiger partial charge >= 0.3 is 0 Å². The lowest BCUT2D eigenvalue weighted by atomic mass is 10.1. The minimum absolute atomic E-state index is 0.739. The summed E-state index contributed by atoms with van der Waals surface area (Å²) in [6.45, 7) is 2.13. The van der Waals surface area contributed by atoms with Gasteiger partial charge < -0.3 is 10.5 Å². The number of fused-ring (bicyclic) bond motifs is 1. The van der Waals surface area contributed by atoms with Crippen LogP contribution in [0.3, 0.4) is 0 Å². The second kappa shape index (κ2) is 5.83. The second-order valence-corrected chi connectivity index (χ2v) is 5.02. The van der Waals surface area contributed by atoms with Gasteiger partial charge in [-0.1, -0.05) is 43.7 Å². The highest BCUT2D eigenvalue weighted by molar-refractivity contribution is 5.94. The third-order valence-corrected chi connectivity index (χ3v) is 3.36. The molecule has 3 heteroatoms. The lowest BCUT2D eigenvalue weighted by molar-refractivity contribution is 0.487. The molecule has 0 bridgehead atoms. The maximum absolute atomic E-state index is 6.15. The van der Waals surface area contributed by atoms with Gasteiger partial charge in [0.2, 0.25) is 0 Å². The summed E-state index contributed by atoms with van der Waals surface area (Å²) < 4.78 is 5.96. The summed E-state index contributed by atoms with van der Waals surface area (Å²) in [7, 11) is 0. The average molecular weight is 278 g/mol. The van der Waals surface area contributed by atoms with E-state index in [-0.39, 0.29) is 0 Å². The standard InChI is InChI=1S/C18H18N2O/c1-2-7-13-12-16(19)15-10-6-11-17(18(15)20-13)21-14-8-4-3-5-9-14/h3-6,8-12H,2,7H2,1H3,(H2,19,20). The van der Waals surface area contributed by atoms with Gasteiger partial charge in [-0.3, -0.25) is 0 Å². The van der Waals surface area contributed by atoms with Gasteiger partial charge in [0.1, 0.15) is 11.3 Å². The van der Waals surface area contributed by atoms with Crippen molar-refractivity contribution >= 4 is 16.6 Å². The molecule has 1 aromatic heterocycles. The van der Waals surface area contributed by atoms with Gasteiger partial charge in [0.15, 0.2) is 5.75 Å². The molecule has 3 rings (SSSR count). The second-order valence-electron chi connectivity index (χ2n) is 5.02. The van der Waals surface area contributed by atoms with Crippen LogP contribution in [0.15, 0.2) is 54.6 Å². The van der Waals surface area contributed by atoms with Crippen LogP contribution >= 0.6 is 0 Å². The largest absolute Gasteiger partial charge is 0.455 e. The fourth-order valence-corrected chi connectivity index (χ4v) is 2.39. The number of nitrogens with zero attached hydrogens (tertiary/aromatic N) is 1. The van der Waals surface area contributed by atoms with Crippen LogP contribution in [0, 0.1) is 0 Å². The molecule has 0 aliphatic carbocycles. The van der Waals surface area contributed by atoms with Crippen molar-refractivity contribution in [3.8, 4) is 11.5 Å². The average Bonchev–Trinajstić information content (AvgIpc) is 2.50. The van der Waals surface area contributed by atoms with E-state index >= 15 is 0 Å². The van der Waals surface area contributed by atoms with E-state index in [9.17, 15) is 0 Å². The number of anilines is 1. The van der Waals surface area contributed by atoms with E-state index in [1.54, 1.807) is 0 Å². The van der Waals surface area contributed by atoms with E-state index in [4.69, 9.17) is 15.5 Å². The maximum Gasteiger partial charge on any atom is 0.153 e. The Morgan fingerprint density at radius 2 is 1.86 bits per heavy atom. The normalized spacial score (nSPS) is 10.7. The molecule has 0 saturated carbocycles. The molecule has 0 radical (unpaired) electrons. The zero-order valence-corrected chi connectivity index (χ0v) is 12.0. The number of pyridine rings is 1. The Bertz CT molecular complexity index is 754. The number of nitrogens with two attached hydrogens (primary N) is 1. The van der Waals surface area contributed by atoms with Crippen molar-refractivity contribution in [3.63, 3.8) is 0 Å². The van der Waals surface area contributed by atoms with Gasteiger partial charge in [0, 0.05) is 16.8 Å². The van der Waals surface area contributed by atoms with Crippen LogP contribution in [0.25, 0.3) is 10.9 Å². The van der Waals surface area contributed by atoms with Crippen LogP contribution in [-0.4, -0.2) is 4.98 Å². The van der Waals surface area contributed by atoms with Crippen molar-refractivity contribution in [1.82, 2.24) is 4.98 Å². The Hall–Kier alpha value is -2.55. The van der Waals surface area contributed by atoms with E-state index in [1.807, 2.05) is 54.6 Å². The number of aryl methyl sites for hydroxylation is 1. The summed E-state index contributed by atoms with van der Waals surface area (Å²) in [5.41, 5.74) is 8.74. The van der Waals surface area contributed by atoms with Crippen LogP contribution in [0.2, 0.25) is 0 Å². The smallest absolute Gasteiger partial charge is 0.153 e. The summed E-state index contributed by atoms with van der Waals surface area (Å²) in [5.74, 6) is 1.54. The molecule has 0 atom stereocenters. The SMILES string of the molecule is CCCc1cc(N)c2cccc(Oc3ccccc3)c2n1. The van der Waals surface area contributed by atoms with Crippen molar-refractivity contribution in [2.45, 2.75) is 19.8 Å². The summed E-state index contributed by atoms with van der Waals surface area (Å²) in [6.07, 6.45) is 1.96. The van der Waals surface area contributed by atoms with Crippen LogP contribution in [0.1, 0.15) is 19.0 Å². The fourth-order valence-electron chi connectivity index (χ4n) is 2.39. The number of para-hydroxylation sites is 2. The van der Waals surface area contributed by atoms with E-state index in [0.717, 1.165) is 46.6 Å². The van der Waals surface area contributed by atoms with Crippen molar-refractivity contribution in [2.75, 3.05) is 5.73 Å². The molecule has 2 N–H and O–H groups in total. The van der Waals surface area contributed by atoms with Crippen molar-refractivity contribution in [2.24, 2.45) is 0 Å². The van der Waals surface area contributed by atoms with Crippen LogP contribution in [-0.2, 0) is 6.42 Å². The van der Waals surface area contributed by atoms with Crippen molar-refractivity contribution < 1.29 is 4.74 Å². The predicted octanol–water partition coefficient (Wildman–Crippen LogP) is 4.56. The van der Waals surface area contributed by atoms with Crippen molar-refractivity contribution in [1.29, 1.82) is 0 Å². The first kappa shape index (κ1) is 13.4. The molecule has 0 amide bonds. The third-order valence-electron chi connectivity index (χ3n) is 3.36. The highest BCUT2D eigenvalue weighted by Crippen LogP contribution is 2.31. The number of benzene rings is 2. The maximum atomic E-state index is 6.15. The van der Waals surface area contributed by atoms with Gasteiger partial charge in [0.25, 0.3) is 0 Å². The number of nitrogen functional groups attached to an aromatic ring is 1. The molecule has 0 saturated heterocycles. The lowest BCUT2D eigenvalue weighted by Crippen LogP contribution is -1.97. The number of rotatable bonds is 4. The van der Waals surface area contributed by atoms with Gasteiger partial charge in [-0.25, -0.2) is 4.98 Å². The quantitative estimate of drug-likeness (QED) is 0.761. The van der Waals surface area contributed by atoms with E-state index in [0.29, 0.717) is 0 Å². The number of ether oxygens (including phenoxy) is 1. The number of hydrogen-bond donors (Lipinski definition) is 1. The Kier molecular flexibility index (Phi) is 3.73. The molecule has 0 fully saturated rings. The summed E-state index contributed by atoms with van der Waals surface area (Å²) in [6, 6.07) is 17.5. The lowest BCUT2D eigenvalue weighted by Gasteiger charge is -2.11. The van der Waals surface area contributed by atoms with Gasteiger partial charge in [-0.05, 0) is 30.7 Å². The Balaban J connectivity index is 2.09. The summed E-state index contributed by atoms with van der Waals surface area (Å²) in [4.78, 5) is 4.72. The Labute approximate surface area is 124 Å². The first-order valence-electron chi connectivity index (χ1n) is 7.19.